The fourth-order valence-electron chi connectivity index (χ4n) is 5.59. The Hall–Kier alpha value is -4.05. The summed E-state index contributed by atoms with van der Waals surface area (Å²) in [6, 6.07) is 15.5. The number of carbonyl (C=O) groups is 1. The molecule has 0 spiro atoms. The van der Waals surface area contributed by atoms with E-state index in [1.807, 2.05) is 35.8 Å². The number of carboxylic acid groups (broad SMARTS) is 1. The van der Waals surface area contributed by atoms with Gasteiger partial charge in [-0.2, -0.15) is 4.98 Å². The Bertz CT molecular complexity index is 1890. The number of aryl methyl sites for hydroxylation is 1. The SMILES string of the molecule is Cc1cc(Cc2nc3c(F)cc(C(=O)O)cc3n2[C@@H]2COCC2(C)C)c(Cl)cc1-c1ccnc(OCc2ccc(Cl)cc2)n1. The minimum absolute atomic E-state index is 0.115. The van der Waals surface area contributed by atoms with Gasteiger partial charge in [-0.1, -0.05) is 55.2 Å². The average molecular weight is 636 g/mol. The zero-order valence-electron chi connectivity index (χ0n) is 24.3. The number of ether oxygens (including phenoxy) is 2. The summed E-state index contributed by atoms with van der Waals surface area (Å²) in [5, 5.41) is 10.7. The van der Waals surface area contributed by atoms with Gasteiger partial charge in [-0.3, -0.25) is 0 Å². The number of hydrogen-bond donors (Lipinski definition) is 1. The average Bonchev–Trinajstić information content (AvgIpc) is 3.52. The number of imidazole rings is 1. The number of hydrogen-bond acceptors (Lipinski definition) is 6. The van der Waals surface area contributed by atoms with Crippen LogP contribution in [-0.4, -0.2) is 43.8 Å². The van der Waals surface area contributed by atoms with Gasteiger partial charge in [0.15, 0.2) is 5.82 Å². The maximum Gasteiger partial charge on any atom is 0.335 e. The van der Waals surface area contributed by atoms with Crippen molar-refractivity contribution in [3.63, 3.8) is 0 Å². The van der Waals surface area contributed by atoms with Crippen molar-refractivity contribution in [2.75, 3.05) is 13.2 Å². The lowest BCUT2D eigenvalue weighted by molar-refractivity contribution is 0.0696. The van der Waals surface area contributed by atoms with Crippen molar-refractivity contribution in [1.82, 2.24) is 19.5 Å². The topological polar surface area (TPSA) is 99.4 Å². The van der Waals surface area contributed by atoms with Crippen molar-refractivity contribution in [3.05, 3.63) is 105 Å². The molecule has 1 aliphatic heterocycles. The van der Waals surface area contributed by atoms with Crippen molar-refractivity contribution < 1.29 is 23.8 Å². The van der Waals surface area contributed by atoms with E-state index in [-0.39, 0.29) is 35.2 Å². The molecule has 2 aromatic heterocycles. The number of halogens is 3. The number of benzene rings is 3. The minimum Gasteiger partial charge on any atom is -0.478 e. The first-order valence-electron chi connectivity index (χ1n) is 14.0. The third-order valence-corrected chi connectivity index (χ3v) is 8.57. The predicted octanol–water partition coefficient (Wildman–Crippen LogP) is 7.71. The van der Waals surface area contributed by atoms with E-state index in [4.69, 9.17) is 32.7 Å². The van der Waals surface area contributed by atoms with Crippen LogP contribution in [0, 0.1) is 18.2 Å². The Morgan fingerprint density at radius 1 is 1.14 bits per heavy atom. The first-order valence-corrected chi connectivity index (χ1v) is 14.8. The quantitative estimate of drug-likeness (QED) is 0.186. The van der Waals surface area contributed by atoms with E-state index in [1.165, 1.54) is 6.07 Å². The van der Waals surface area contributed by atoms with Gasteiger partial charge in [-0.05, 0) is 60.0 Å². The molecule has 44 heavy (non-hydrogen) atoms. The molecule has 8 nitrogen and oxygen atoms in total. The molecular weight excluding hydrogens is 606 g/mol. The summed E-state index contributed by atoms with van der Waals surface area (Å²) in [6.45, 7) is 7.29. The molecule has 0 saturated carbocycles. The molecule has 6 rings (SSSR count). The summed E-state index contributed by atoms with van der Waals surface area (Å²) in [7, 11) is 0. The van der Waals surface area contributed by atoms with E-state index in [2.05, 4.69) is 28.8 Å². The summed E-state index contributed by atoms with van der Waals surface area (Å²) in [5.41, 5.74) is 4.20. The summed E-state index contributed by atoms with van der Waals surface area (Å²) in [4.78, 5) is 25.3. The summed E-state index contributed by atoms with van der Waals surface area (Å²) >= 11 is 12.8. The Labute approximate surface area is 263 Å². The third-order valence-electron chi connectivity index (χ3n) is 7.96. The molecule has 0 amide bonds. The van der Waals surface area contributed by atoms with Crippen LogP contribution in [0.3, 0.4) is 0 Å². The van der Waals surface area contributed by atoms with Crippen LogP contribution in [0.2, 0.25) is 10.0 Å². The summed E-state index contributed by atoms with van der Waals surface area (Å²) < 4.78 is 28.7. The lowest BCUT2D eigenvalue weighted by atomic mass is 9.87. The zero-order valence-corrected chi connectivity index (χ0v) is 25.8. The Morgan fingerprint density at radius 3 is 2.61 bits per heavy atom. The van der Waals surface area contributed by atoms with Gasteiger partial charge in [0, 0.05) is 33.6 Å². The van der Waals surface area contributed by atoms with Crippen molar-refractivity contribution >= 4 is 40.2 Å². The van der Waals surface area contributed by atoms with Crippen molar-refractivity contribution in [1.29, 1.82) is 0 Å². The number of rotatable bonds is 8. The fourth-order valence-corrected chi connectivity index (χ4v) is 5.94. The third kappa shape index (κ3) is 5.87. The Balaban J connectivity index is 1.34. The van der Waals surface area contributed by atoms with Gasteiger partial charge >= 0.3 is 12.0 Å². The Kier molecular flexibility index (Phi) is 8.04. The maximum atomic E-state index is 15.2. The predicted molar refractivity (Wildman–Crippen MR) is 166 cm³/mol. The van der Waals surface area contributed by atoms with Crippen LogP contribution in [0.25, 0.3) is 22.3 Å². The monoisotopic (exact) mass is 634 g/mol. The van der Waals surface area contributed by atoms with Gasteiger partial charge in [0.1, 0.15) is 17.9 Å². The number of aromatic nitrogens is 4. The van der Waals surface area contributed by atoms with E-state index in [0.29, 0.717) is 46.7 Å². The summed E-state index contributed by atoms with van der Waals surface area (Å²) in [6.07, 6.45) is 1.93. The van der Waals surface area contributed by atoms with Gasteiger partial charge in [-0.25, -0.2) is 19.2 Å². The highest BCUT2D eigenvalue weighted by Gasteiger charge is 2.39. The highest BCUT2D eigenvalue weighted by Crippen LogP contribution is 2.41. The first-order chi connectivity index (χ1) is 21.0. The standard InChI is InChI=1S/C33H29Cl2FN4O4/c1-18-10-20(24(35)14-23(18)26-8-9-37-32(38-26)44-15-19-4-6-22(34)7-5-19)13-29-39-30-25(36)11-21(31(41)42)12-27(30)40(29)28-16-43-17-33(28,2)3/h4-12,14,28H,13,15-17H2,1-3H3,(H,41,42)/t28-/m1/s1. The number of carboxylic acids is 1. The molecule has 3 heterocycles. The normalized spacial score (nSPS) is 16.0. The van der Waals surface area contributed by atoms with E-state index in [1.54, 1.807) is 24.4 Å². The molecule has 1 N–H and O–H groups in total. The van der Waals surface area contributed by atoms with Crippen LogP contribution >= 0.6 is 23.2 Å². The van der Waals surface area contributed by atoms with Crippen LogP contribution in [0.1, 0.15) is 52.8 Å². The highest BCUT2D eigenvalue weighted by atomic mass is 35.5. The lowest BCUT2D eigenvalue weighted by Gasteiger charge is -2.28. The van der Waals surface area contributed by atoms with Gasteiger partial charge in [0.2, 0.25) is 0 Å². The maximum absolute atomic E-state index is 15.2. The molecule has 0 radical (unpaired) electrons. The second-order valence-electron chi connectivity index (χ2n) is 11.6. The molecular formula is C33H29Cl2FN4O4. The molecule has 3 aromatic carbocycles. The second-order valence-corrected chi connectivity index (χ2v) is 12.5. The van der Waals surface area contributed by atoms with E-state index < -0.39 is 11.8 Å². The Morgan fingerprint density at radius 2 is 1.91 bits per heavy atom. The fraction of sp³-hybridized carbons (Fsp3) is 0.273. The number of nitrogens with zero attached hydrogens (tertiary/aromatic N) is 4. The summed E-state index contributed by atoms with van der Waals surface area (Å²) in [5.74, 6) is -1.33. The largest absolute Gasteiger partial charge is 0.478 e. The molecule has 1 fully saturated rings. The van der Waals surface area contributed by atoms with Crippen LogP contribution in [0.4, 0.5) is 4.39 Å². The molecule has 0 unspecified atom stereocenters. The highest BCUT2D eigenvalue weighted by molar-refractivity contribution is 6.31. The van der Waals surface area contributed by atoms with Crippen LogP contribution in [0.5, 0.6) is 6.01 Å². The first kappa shape index (κ1) is 30.0. The van der Waals surface area contributed by atoms with Gasteiger partial charge in [0.05, 0.1) is 36.0 Å². The molecule has 1 saturated heterocycles. The van der Waals surface area contributed by atoms with Crippen molar-refractivity contribution in [2.45, 2.75) is 39.8 Å². The molecule has 0 bridgehead atoms. The lowest BCUT2D eigenvalue weighted by Crippen LogP contribution is -2.27. The van der Waals surface area contributed by atoms with Crippen molar-refractivity contribution in [3.8, 4) is 17.3 Å². The number of aromatic carboxylic acids is 1. The number of fused-ring (bicyclic) bond motifs is 1. The van der Waals surface area contributed by atoms with E-state index in [9.17, 15) is 9.90 Å². The smallest absolute Gasteiger partial charge is 0.335 e. The molecule has 0 aliphatic carbocycles. The van der Waals surface area contributed by atoms with Crippen molar-refractivity contribution in [2.24, 2.45) is 5.41 Å². The van der Waals surface area contributed by atoms with E-state index in [0.717, 1.165) is 28.3 Å². The molecule has 11 heteroatoms. The van der Waals surface area contributed by atoms with E-state index >= 15 is 4.39 Å². The van der Waals surface area contributed by atoms with Gasteiger partial charge in [-0.15, -0.1) is 0 Å². The molecule has 5 aromatic rings. The molecule has 1 atom stereocenters. The van der Waals surface area contributed by atoms with Gasteiger partial charge in [0.25, 0.3) is 0 Å². The van der Waals surface area contributed by atoms with Gasteiger partial charge < -0.3 is 19.1 Å². The van der Waals surface area contributed by atoms with Crippen LogP contribution in [-0.2, 0) is 17.8 Å². The minimum atomic E-state index is -1.21. The molecule has 226 valence electrons. The van der Waals surface area contributed by atoms with Crippen LogP contribution in [0.15, 0.2) is 60.8 Å². The zero-order chi connectivity index (χ0) is 31.2. The second kappa shape index (κ2) is 11.8. The molecule has 1 aliphatic rings. The van der Waals surface area contributed by atoms with Crippen LogP contribution < -0.4 is 4.74 Å².